The van der Waals surface area contributed by atoms with E-state index in [2.05, 4.69) is 0 Å². The van der Waals surface area contributed by atoms with Gasteiger partial charge in [0.25, 0.3) is 0 Å². The zero-order valence-electron chi connectivity index (χ0n) is 9.73. The van der Waals surface area contributed by atoms with E-state index < -0.39 is 11.1 Å². The van der Waals surface area contributed by atoms with Crippen molar-refractivity contribution in [3.63, 3.8) is 0 Å². The average molecular weight is 230 g/mol. The molecule has 0 aliphatic heterocycles. The van der Waals surface area contributed by atoms with Crippen LogP contribution in [0, 0.1) is 6.92 Å². The van der Waals surface area contributed by atoms with Gasteiger partial charge in [-0.15, -0.1) is 0 Å². The second kappa shape index (κ2) is 5.23. The standard InChI is InChI=1S/C11H10O2S.Na.H/c1-8-4-2-6-10-9(8)5-3-7-11(10)14(12)13;;/h2-7H,1H3,(H,12,13);;/q;+1;-1. The Balaban J connectivity index is 0.00000112. The van der Waals surface area contributed by atoms with E-state index in [-0.39, 0.29) is 31.0 Å². The van der Waals surface area contributed by atoms with Crippen molar-refractivity contribution in [2.75, 3.05) is 0 Å². The fourth-order valence-electron chi connectivity index (χ4n) is 1.59. The van der Waals surface area contributed by atoms with Gasteiger partial charge in [-0.2, -0.15) is 0 Å². The van der Waals surface area contributed by atoms with Crippen LogP contribution in [0.2, 0.25) is 0 Å². The molecule has 0 radical (unpaired) electrons. The Labute approximate surface area is 115 Å². The molecule has 0 saturated carbocycles. The van der Waals surface area contributed by atoms with Crippen molar-refractivity contribution in [1.29, 1.82) is 0 Å². The summed E-state index contributed by atoms with van der Waals surface area (Å²) in [4.78, 5) is 0.478. The zero-order valence-corrected chi connectivity index (χ0v) is 11.5. The molecule has 0 aliphatic rings. The van der Waals surface area contributed by atoms with E-state index in [9.17, 15) is 4.21 Å². The molecular weight excluding hydrogens is 219 g/mol. The average Bonchev–Trinajstić information content (AvgIpc) is 2.17. The summed E-state index contributed by atoms with van der Waals surface area (Å²) in [6, 6.07) is 11.2. The van der Waals surface area contributed by atoms with Crippen molar-refractivity contribution < 1.29 is 39.7 Å². The topological polar surface area (TPSA) is 37.3 Å². The molecule has 15 heavy (non-hydrogen) atoms. The Bertz CT molecular complexity index is 516. The predicted octanol–water partition coefficient (Wildman–Crippen LogP) is -0.155. The molecule has 0 heterocycles. The van der Waals surface area contributed by atoms with E-state index in [1.165, 1.54) is 0 Å². The Morgan fingerprint density at radius 1 is 1.13 bits per heavy atom. The summed E-state index contributed by atoms with van der Waals surface area (Å²) in [5, 5.41) is 1.89. The van der Waals surface area contributed by atoms with E-state index in [4.69, 9.17) is 4.55 Å². The van der Waals surface area contributed by atoms with Crippen LogP contribution in [0.25, 0.3) is 10.8 Å². The third-order valence-electron chi connectivity index (χ3n) is 2.29. The molecule has 2 aromatic carbocycles. The van der Waals surface area contributed by atoms with Crippen LogP contribution in [0.1, 0.15) is 6.99 Å². The van der Waals surface area contributed by atoms with Gasteiger partial charge in [-0.1, -0.05) is 30.3 Å². The fourth-order valence-corrected chi connectivity index (χ4v) is 2.15. The van der Waals surface area contributed by atoms with Crippen LogP contribution in [0.5, 0.6) is 0 Å². The second-order valence-electron chi connectivity index (χ2n) is 3.18. The molecule has 2 aromatic rings. The fraction of sp³-hybridized carbons (Fsp3) is 0.0909. The van der Waals surface area contributed by atoms with E-state index in [1.54, 1.807) is 12.1 Å². The minimum absolute atomic E-state index is 0. The minimum atomic E-state index is -1.91. The van der Waals surface area contributed by atoms with Crippen LogP contribution < -0.4 is 29.6 Å². The van der Waals surface area contributed by atoms with Gasteiger partial charge >= 0.3 is 29.6 Å². The molecule has 2 rings (SSSR count). The molecule has 0 fully saturated rings. The van der Waals surface area contributed by atoms with E-state index in [0.717, 1.165) is 16.3 Å². The summed E-state index contributed by atoms with van der Waals surface area (Å²) in [6.07, 6.45) is 0. The van der Waals surface area contributed by atoms with Gasteiger partial charge in [-0.25, -0.2) is 4.21 Å². The van der Waals surface area contributed by atoms with Crippen LogP contribution in [-0.2, 0) is 11.1 Å². The molecule has 0 saturated heterocycles. The second-order valence-corrected chi connectivity index (χ2v) is 4.11. The first-order chi connectivity index (χ1) is 6.70. The van der Waals surface area contributed by atoms with Gasteiger partial charge < -0.3 is 5.98 Å². The number of hydrogen-bond acceptors (Lipinski definition) is 1. The van der Waals surface area contributed by atoms with E-state index >= 15 is 0 Å². The smallest absolute Gasteiger partial charge is 1.00 e. The maximum atomic E-state index is 11.0. The van der Waals surface area contributed by atoms with E-state index in [1.807, 2.05) is 31.2 Å². The van der Waals surface area contributed by atoms with Gasteiger partial charge in [-0.05, 0) is 23.9 Å². The molecule has 2 nitrogen and oxygen atoms in total. The van der Waals surface area contributed by atoms with Crippen molar-refractivity contribution >= 4 is 21.9 Å². The van der Waals surface area contributed by atoms with Crippen molar-refractivity contribution in [2.24, 2.45) is 0 Å². The van der Waals surface area contributed by atoms with Gasteiger partial charge in [0.2, 0.25) is 0 Å². The summed E-state index contributed by atoms with van der Waals surface area (Å²) < 4.78 is 20.1. The number of rotatable bonds is 1. The van der Waals surface area contributed by atoms with Gasteiger partial charge in [-0.3, -0.25) is 0 Å². The third-order valence-corrected chi connectivity index (χ3v) is 3.02. The summed E-state index contributed by atoms with van der Waals surface area (Å²) in [5.41, 5.74) is 1.12. The van der Waals surface area contributed by atoms with Crippen molar-refractivity contribution in [3.8, 4) is 0 Å². The molecule has 0 bridgehead atoms. The first-order valence-electron chi connectivity index (χ1n) is 4.29. The molecule has 74 valence electrons. The number of benzene rings is 2. The molecule has 1 unspecified atom stereocenters. The van der Waals surface area contributed by atoms with Crippen LogP contribution in [-0.4, -0.2) is 8.76 Å². The van der Waals surface area contributed by atoms with Gasteiger partial charge in [0.15, 0.2) is 11.1 Å². The molecule has 1 atom stereocenters. The number of fused-ring (bicyclic) bond motifs is 1. The molecule has 1 N–H and O–H groups in total. The van der Waals surface area contributed by atoms with Crippen LogP contribution in [0.3, 0.4) is 0 Å². The Morgan fingerprint density at radius 3 is 2.40 bits per heavy atom. The largest absolute Gasteiger partial charge is 1.00 e. The van der Waals surface area contributed by atoms with Gasteiger partial charge in [0, 0.05) is 5.39 Å². The molecule has 0 amide bonds. The van der Waals surface area contributed by atoms with Crippen molar-refractivity contribution in [3.05, 3.63) is 42.0 Å². The maximum Gasteiger partial charge on any atom is 1.00 e. The third kappa shape index (κ3) is 2.49. The molecule has 0 spiro atoms. The normalized spacial score (nSPS) is 12.1. The summed E-state index contributed by atoms with van der Waals surface area (Å²) in [6.45, 7) is 1.99. The quantitative estimate of drug-likeness (QED) is 0.546. The Kier molecular flexibility index (Phi) is 4.49. The summed E-state index contributed by atoms with van der Waals surface area (Å²) in [5.74, 6) is 0. The number of hydrogen-bond donors (Lipinski definition) is 1. The molecule has 0 aromatic heterocycles. The predicted molar refractivity (Wildman–Crippen MR) is 58.8 cm³/mol. The monoisotopic (exact) mass is 230 g/mol. The molecule has 0 aliphatic carbocycles. The Morgan fingerprint density at radius 2 is 1.73 bits per heavy atom. The van der Waals surface area contributed by atoms with Crippen LogP contribution in [0.15, 0.2) is 41.3 Å². The molecule has 4 heteroatoms. The first kappa shape index (κ1) is 12.9. The SMILES string of the molecule is Cc1cccc2c(S(=O)O)cccc12.[H-].[Na+]. The Hall–Kier alpha value is -0.190. The number of aryl methyl sites for hydroxylation is 1. The van der Waals surface area contributed by atoms with Crippen LogP contribution >= 0.6 is 0 Å². The van der Waals surface area contributed by atoms with E-state index in [0.29, 0.717) is 4.90 Å². The maximum absolute atomic E-state index is 11.0. The zero-order chi connectivity index (χ0) is 10.1. The summed E-state index contributed by atoms with van der Waals surface area (Å²) in [7, 11) is 0. The molecular formula is C11H11NaO2S. The summed E-state index contributed by atoms with van der Waals surface area (Å²) >= 11 is -1.91. The van der Waals surface area contributed by atoms with Crippen molar-refractivity contribution in [2.45, 2.75) is 11.8 Å². The van der Waals surface area contributed by atoms with Crippen LogP contribution in [0.4, 0.5) is 0 Å². The van der Waals surface area contributed by atoms with Crippen molar-refractivity contribution in [1.82, 2.24) is 0 Å². The van der Waals surface area contributed by atoms with Gasteiger partial charge in [0.05, 0.1) is 4.90 Å². The van der Waals surface area contributed by atoms with Gasteiger partial charge in [0.1, 0.15) is 0 Å². The minimum Gasteiger partial charge on any atom is -1.00 e. The first-order valence-corrected chi connectivity index (χ1v) is 5.40.